The van der Waals surface area contributed by atoms with Crippen molar-refractivity contribution in [3.63, 3.8) is 0 Å². The van der Waals surface area contributed by atoms with Gasteiger partial charge in [0.2, 0.25) is 0 Å². The summed E-state index contributed by atoms with van der Waals surface area (Å²) in [7, 11) is 0. The number of aromatic nitrogens is 5. The van der Waals surface area contributed by atoms with Crippen molar-refractivity contribution in [1.82, 2.24) is 30.1 Å². The molecule has 0 radical (unpaired) electrons. The zero-order valence-electron chi connectivity index (χ0n) is 12.8. The molecule has 3 rings (SSSR count). The molecule has 1 amide bonds. The van der Waals surface area contributed by atoms with E-state index in [-0.39, 0.29) is 5.91 Å². The lowest BCUT2D eigenvalue weighted by atomic mass is 10.2. The molecule has 0 saturated heterocycles. The average molecular weight is 304 g/mol. The molecular weight excluding hydrogens is 284 g/mol. The molecule has 0 aromatic carbocycles. The molecule has 0 aliphatic carbocycles. The van der Waals surface area contributed by atoms with Crippen LogP contribution in [-0.4, -0.2) is 47.6 Å². The Morgan fingerprint density at radius 2 is 2.27 bits per heavy atom. The number of amides is 1. The lowest BCUT2D eigenvalue weighted by Crippen LogP contribution is -2.31. The quantitative estimate of drug-likeness (QED) is 0.873. The molecule has 0 saturated carbocycles. The van der Waals surface area contributed by atoms with Crippen molar-refractivity contribution < 1.29 is 9.90 Å². The molecule has 3 heterocycles. The number of aliphatic hydroxyl groups excluding tert-OH is 1. The molecular formula is C14H20N6O2. The predicted molar refractivity (Wildman–Crippen MR) is 78.0 cm³/mol. The summed E-state index contributed by atoms with van der Waals surface area (Å²) in [6, 6.07) is 1.88. The second-order valence-electron chi connectivity index (χ2n) is 5.55. The Morgan fingerprint density at radius 1 is 1.45 bits per heavy atom. The Morgan fingerprint density at radius 3 is 2.95 bits per heavy atom. The van der Waals surface area contributed by atoms with E-state index in [1.165, 1.54) is 0 Å². The molecule has 2 aromatic heterocycles. The van der Waals surface area contributed by atoms with Crippen molar-refractivity contribution in [2.24, 2.45) is 0 Å². The van der Waals surface area contributed by atoms with Gasteiger partial charge in [-0.15, -0.1) is 0 Å². The molecule has 1 unspecified atom stereocenters. The van der Waals surface area contributed by atoms with Crippen LogP contribution in [-0.2, 0) is 13.1 Å². The highest BCUT2D eigenvalue weighted by Crippen LogP contribution is 2.20. The van der Waals surface area contributed by atoms with Crippen LogP contribution >= 0.6 is 0 Å². The first-order valence-corrected chi connectivity index (χ1v) is 7.51. The molecule has 2 aromatic rings. The number of fused-ring (bicyclic) bond motifs is 1. The number of aliphatic hydroxyl groups is 1. The van der Waals surface area contributed by atoms with Gasteiger partial charge in [-0.3, -0.25) is 9.48 Å². The Kier molecular flexibility index (Phi) is 3.93. The van der Waals surface area contributed by atoms with E-state index in [0.717, 1.165) is 18.7 Å². The van der Waals surface area contributed by atoms with Crippen LogP contribution in [0.5, 0.6) is 0 Å². The maximum absolute atomic E-state index is 12.6. The minimum Gasteiger partial charge on any atom is -0.387 e. The zero-order valence-corrected chi connectivity index (χ0v) is 12.8. The van der Waals surface area contributed by atoms with Crippen molar-refractivity contribution in [3.05, 3.63) is 28.8 Å². The molecule has 1 aliphatic heterocycles. The van der Waals surface area contributed by atoms with Crippen molar-refractivity contribution in [2.75, 3.05) is 6.54 Å². The molecule has 2 N–H and O–H groups in total. The van der Waals surface area contributed by atoms with Gasteiger partial charge in [0.15, 0.2) is 5.69 Å². The Bertz CT molecular complexity index is 677. The number of aryl methyl sites for hydroxylation is 2. The summed E-state index contributed by atoms with van der Waals surface area (Å²) < 4.78 is 1.89. The monoisotopic (exact) mass is 304 g/mol. The number of aromatic amines is 1. The summed E-state index contributed by atoms with van der Waals surface area (Å²) in [5, 5.41) is 24.7. The average Bonchev–Trinajstić information content (AvgIpc) is 3.06. The molecule has 118 valence electrons. The summed E-state index contributed by atoms with van der Waals surface area (Å²) in [6.07, 6.45) is 0.886. The highest BCUT2D eigenvalue weighted by Gasteiger charge is 2.25. The van der Waals surface area contributed by atoms with Crippen molar-refractivity contribution in [1.29, 1.82) is 0 Å². The van der Waals surface area contributed by atoms with Crippen LogP contribution in [0.25, 0.3) is 0 Å². The topological polar surface area (TPSA) is 99.9 Å². The number of rotatable bonds is 3. The van der Waals surface area contributed by atoms with Gasteiger partial charge in [-0.05, 0) is 25.8 Å². The molecule has 0 fully saturated rings. The van der Waals surface area contributed by atoms with E-state index < -0.39 is 6.10 Å². The standard InChI is InChI=1S/C14H20N6O2/c1-3-12(21)11-7-10-8-19(5-4-6-20(10)17-11)14(22)13-9(2)15-18-16-13/h7,12,21H,3-6,8H2,1-2H3,(H,15,16,18). The van der Waals surface area contributed by atoms with Crippen LogP contribution in [0.3, 0.4) is 0 Å². The molecule has 0 bridgehead atoms. The summed E-state index contributed by atoms with van der Waals surface area (Å²) >= 11 is 0. The first kappa shape index (κ1) is 14.7. The van der Waals surface area contributed by atoms with Gasteiger partial charge in [-0.25, -0.2) is 0 Å². The summed E-state index contributed by atoms with van der Waals surface area (Å²) in [5.74, 6) is -0.126. The van der Waals surface area contributed by atoms with Gasteiger partial charge >= 0.3 is 0 Å². The molecule has 0 spiro atoms. The van der Waals surface area contributed by atoms with E-state index in [0.29, 0.717) is 36.6 Å². The fraction of sp³-hybridized carbons (Fsp3) is 0.571. The summed E-state index contributed by atoms with van der Waals surface area (Å²) in [5.41, 5.74) is 2.57. The van der Waals surface area contributed by atoms with E-state index in [2.05, 4.69) is 20.5 Å². The molecule has 22 heavy (non-hydrogen) atoms. The van der Waals surface area contributed by atoms with E-state index in [9.17, 15) is 9.90 Å². The van der Waals surface area contributed by atoms with Gasteiger partial charge in [0.05, 0.1) is 29.7 Å². The lowest BCUT2D eigenvalue weighted by Gasteiger charge is -2.18. The van der Waals surface area contributed by atoms with E-state index >= 15 is 0 Å². The number of carbonyl (C=O) groups excluding carboxylic acids is 1. The Balaban J connectivity index is 1.83. The minimum atomic E-state index is -0.554. The Labute approximate surface area is 128 Å². The SMILES string of the molecule is CCC(O)c1cc2n(n1)CCCN(C(=O)c1n[nH]nc1C)C2. The van der Waals surface area contributed by atoms with Crippen LogP contribution < -0.4 is 0 Å². The van der Waals surface area contributed by atoms with Crippen LogP contribution in [0.2, 0.25) is 0 Å². The van der Waals surface area contributed by atoms with Crippen LogP contribution in [0.4, 0.5) is 0 Å². The third-order valence-corrected chi connectivity index (χ3v) is 3.97. The second-order valence-corrected chi connectivity index (χ2v) is 5.55. The van der Waals surface area contributed by atoms with E-state index in [4.69, 9.17) is 0 Å². The van der Waals surface area contributed by atoms with Gasteiger partial charge < -0.3 is 10.0 Å². The van der Waals surface area contributed by atoms with Gasteiger partial charge in [0.1, 0.15) is 0 Å². The third kappa shape index (κ3) is 2.61. The highest BCUT2D eigenvalue weighted by molar-refractivity contribution is 5.93. The number of carbonyl (C=O) groups is 1. The molecule has 8 heteroatoms. The van der Waals surface area contributed by atoms with E-state index in [1.807, 2.05) is 17.7 Å². The highest BCUT2D eigenvalue weighted by atomic mass is 16.3. The minimum absolute atomic E-state index is 0.126. The maximum Gasteiger partial charge on any atom is 0.276 e. The number of H-pyrrole nitrogens is 1. The van der Waals surface area contributed by atoms with Gasteiger partial charge in [0.25, 0.3) is 5.91 Å². The van der Waals surface area contributed by atoms with Crippen LogP contribution in [0.1, 0.15) is 53.4 Å². The van der Waals surface area contributed by atoms with Gasteiger partial charge in [-0.1, -0.05) is 6.92 Å². The fourth-order valence-electron chi connectivity index (χ4n) is 2.67. The number of nitrogens with one attached hydrogen (secondary N) is 1. The predicted octanol–water partition coefficient (Wildman–Crippen LogP) is 0.799. The second kappa shape index (κ2) is 5.88. The largest absolute Gasteiger partial charge is 0.387 e. The van der Waals surface area contributed by atoms with Crippen molar-refractivity contribution >= 4 is 5.91 Å². The number of hydrogen-bond donors (Lipinski definition) is 2. The first-order valence-electron chi connectivity index (χ1n) is 7.51. The third-order valence-electron chi connectivity index (χ3n) is 3.97. The van der Waals surface area contributed by atoms with Gasteiger partial charge in [0, 0.05) is 13.1 Å². The number of nitrogens with zero attached hydrogens (tertiary/aromatic N) is 5. The molecule has 1 atom stereocenters. The summed E-state index contributed by atoms with van der Waals surface area (Å²) in [4.78, 5) is 14.3. The normalized spacial score (nSPS) is 16.2. The van der Waals surface area contributed by atoms with Crippen LogP contribution in [0.15, 0.2) is 6.07 Å². The first-order chi connectivity index (χ1) is 10.6. The zero-order chi connectivity index (χ0) is 15.7. The van der Waals surface area contributed by atoms with Crippen LogP contribution in [0, 0.1) is 6.92 Å². The molecule has 1 aliphatic rings. The van der Waals surface area contributed by atoms with Crippen molar-refractivity contribution in [3.8, 4) is 0 Å². The van der Waals surface area contributed by atoms with Gasteiger partial charge in [-0.2, -0.15) is 20.5 Å². The Hall–Kier alpha value is -2.22. The smallest absolute Gasteiger partial charge is 0.276 e. The van der Waals surface area contributed by atoms with Crippen molar-refractivity contribution in [2.45, 2.75) is 45.9 Å². The summed E-state index contributed by atoms with van der Waals surface area (Å²) in [6.45, 7) is 5.54. The maximum atomic E-state index is 12.6. The lowest BCUT2D eigenvalue weighted by molar-refractivity contribution is 0.0739. The van der Waals surface area contributed by atoms with E-state index in [1.54, 1.807) is 11.8 Å². The number of hydrogen-bond acceptors (Lipinski definition) is 5. The molecule has 8 nitrogen and oxygen atoms in total. The fourth-order valence-corrected chi connectivity index (χ4v) is 2.67.